The molecule has 0 unspecified atom stereocenters. The maximum absolute atomic E-state index is 12.4. The molecule has 1 fully saturated rings. The van der Waals surface area contributed by atoms with E-state index in [1.807, 2.05) is 10.8 Å². The van der Waals surface area contributed by atoms with Crippen LogP contribution in [-0.2, 0) is 16.6 Å². The fraction of sp³-hybridized carbons (Fsp3) is 0.412. The van der Waals surface area contributed by atoms with Gasteiger partial charge in [0.15, 0.2) is 0 Å². The van der Waals surface area contributed by atoms with Crippen LogP contribution in [0.25, 0.3) is 0 Å². The first kappa shape index (κ1) is 18.6. The van der Waals surface area contributed by atoms with Crippen LogP contribution in [0.2, 0.25) is 0 Å². The van der Waals surface area contributed by atoms with E-state index in [1.54, 1.807) is 24.7 Å². The van der Waals surface area contributed by atoms with Gasteiger partial charge in [-0.2, -0.15) is 0 Å². The first-order chi connectivity index (χ1) is 12.5. The van der Waals surface area contributed by atoms with Crippen molar-refractivity contribution in [2.24, 2.45) is 0 Å². The Bertz CT molecular complexity index is 830. The standard InChI is InChI=1S/C17H23N5O3S/c23-17(21-15-5-7-18-12-15)14-3-1-4-16(11-14)26(24,25)20-6-2-9-22-10-8-19-13-22/h1,3-4,8,10-11,13,15,18,20H,2,5-7,9,12H2,(H,21,23)/t15-/m1/s1. The summed E-state index contributed by atoms with van der Waals surface area (Å²) < 4.78 is 29.3. The summed E-state index contributed by atoms with van der Waals surface area (Å²) >= 11 is 0. The number of imidazole rings is 1. The average Bonchev–Trinajstić information content (AvgIpc) is 3.33. The number of sulfonamides is 1. The van der Waals surface area contributed by atoms with Gasteiger partial charge in [-0.25, -0.2) is 18.1 Å². The molecule has 0 saturated carbocycles. The molecule has 0 spiro atoms. The Labute approximate surface area is 153 Å². The number of carbonyl (C=O) groups excluding carboxylic acids is 1. The summed E-state index contributed by atoms with van der Waals surface area (Å²) in [4.78, 5) is 16.3. The Hall–Kier alpha value is -2.23. The predicted octanol–water partition coefficient (Wildman–Crippen LogP) is 0.343. The van der Waals surface area contributed by atoms with Gasteiger partial charge < -0.3 is 15.2 Å². The lowest BCUT2D eigenvalue weighted by molar-refractivity contribution is 0.0940. The predicted molar refractivity (Wildman–Crippen MR) is 97.2 cm³/mol. The van der Waals surface area contributed by atoms with Crippen molar-refractivity contribution < 1.29 is 13.2 Å². The highest BCUT2D eigenvalue weighted by Crippen LogP contribution is 2.12. The van der Waals surface area contributed by atoms with E-state index < -0.39 is 10.0 Å². The lowest BCUT2D eigenvalue weighted by atomic mass is 10.2. The van der Waals surface area contributed by atoms with Crippen molar-refractivity contribution in [1.29, 1.82) is 0 Å². The maximum atomic E-state index is 12.4. The number of amides is 1. The van der Waals surface area contributed by atoms with Crippen molar-refractivity contribution in [2.75, 3.05) is 19.6 Å². The summed E-state index contributed by atoms with van der Waals surface area (Å²) in [5.74, 6) is -0.254. The van der Waals surface area contributed by atoms with E-state index in [0.717, 1.165) is 19.5 Å². The first-order valence-corrected chi connectivity index (χ1v) is 10.1. The summed E-state index contributed by atoms with van der Waals surface area (Å²) in [6, 6.07) is 6.20. The van der Waals surface area contributed by atoms with Gasteiger partial charge in [-0.05, 0) is 37.6 Å². The van der Waals surface area contributed by atoms with Crippen LogP contribution in [0.3, 0.4) is 0 Å². The Morgan fingerprint density at radius 1 is 1.38 bits per heavy atom. The number of aromatic nitrogens is 2. The van der Waals surface area contributed by atoms with E-state index in [-0.39, 0.29) is 16.8 Å². The molecule has 1 amide bonds. The van der Waals surface area contributed by atoms with Crippen molar-refractivity contribution in [1.82, 2.24) is 24.9 Å². The highest BCUT2D eigenvalue weighted by Gasteiger charge is 2.19. The zero-order valence-corrected chi connectivity index (χ0v) is 15.2. The van der Waals surface area contributed by atoms with Crippen molar-refractivity contribution in [3.8, 4) is 0 Å². The summed E-state index contributed by atoms with van der Waals surface area (Å²) in [6.07, 6.45) is 6.72. The molecule has 9 heteroatoms. The van der Waals surface area contributed by atoms with Crippen LogP contribution in [0.1, 0.15) is 23.2 Å². The molecule has 0 aliphatic carbocycles. The number of nitrogens with zero attached hydrogens (tertiary/aromatic N) is 2. The molecule has 1 aliphatic rings. The number of benzene rings is 1. The molecule has 2 heterocycles. The van der Waals surface area contributed by atoms with E-state index >= 15 is 0 Å². The molecule has 1 aromatic heterocycles. The molecule has 26 heavy (non-hydrogen) atoms. The zero-order valence-electron chi connectivity index (χ0n) is 14.4. The maximum Gasteiger partial charge on any atom is 0.251 e. The van der Waals surface area contributed by atoms with E-state index in [9.17, 15) is 13.2 Å². The topological polar surface area (TPSA) is 105 Å². The number of carbonyl (C=O) groups is 1. The SMILES string of the molecule is O=C(N[C@@H]1CCNC1)c1cccc(S(=O)(=O)NCCCn2ccnc2)c1. The van der Waals surface area contributed by atoms with Crippen molar-refractivity contribution in [3.63, 3.8) is 0 Å². The third-order valence-electron chi connectivity index (χ3n) is 4.25. The molecule has 8 nitrogen and oxygen atoms in total. The van der Waals surface area contributed by atoms with E-state index in [0.29, 0.717) is 25.1 Å². The molecular formula is C17H23N5O3S. The minimum atomic E-state index is -3.65. The normalized spacial score (nSPS) is 17.3. The molecule has 3 N–H and O–H groups in total. The Balaban J connectivity index is 1.57. The number of hydrogen-bond donors (Lipinski definition) is 3. The lowest BCUT2D eigenvalue weighted by Crippen LogP contribution is -2.36. The quantitative estimate of drug-likeness (QED) is 0.576. The lowest BCUT2D eigenvalue weighted by Gasteiger charge is -2.12. The number of nitrogens with one attached hydrogen (secondary N) is 3. The van der Waals surface area contributed by atoms with Gasteiger partial charge in [-0.1, -0.05) is 6.07 Å². The minimum absolute atomic E-state index is 0.0871. The van der Waals surface area contributed by atoms with Crippen LogP contribution in [0.15, 0.2) is 47.9 Å². The molecule has 1 aliphatic heterocycles. The van der Waals surface area contributed by atoms with Crippen molar-refractivity contribution >= 4 is 15.9 Å². The summed E-state index contributed by atoms with van der Waals surface area (Å²) in [6.45, 7) is 2.61. The van der Waals surface area contributed by atoms with Crippen LogP contribution in [0, 0.1) is 0 Å². The molecule has 2 aromatic rings. The van der Waals surface area contributed by atoms with Crippen LogP contribution in [-0.4, -0.2) is 49.6 Å². The van der Waals surface area contributed by atoms with Crippen molar-refractivity contribution in [2.45, 2.75) is 30.3 Å². The zero-order chi connectivity index (χ0) is 18.4. The Kier molecular flexibility index (Phi) is 6.02. The first-order valence-electron chi connectivity index (χ1n) is 8.62. The second-order valence-corrected chi connectivity index (χ2v) is 8.01. The van der Waals surface area contributed by atoms with Crippen LogP contribution >= 0.6 is 0 Å². The molecule has 0 bridgehead atoms. The summed E-state index contributed by atoms with van der Waals surface area (Å²) in [7, 11) is -3.65. The van der Waals surface area contributed by atoms with Crippen molar-refractivity contribution in [3.05, 3.63) is 48.5 Å². The molecular weight excluding hydrogens is 354 g/mol. The van der Waals surface area contributed by atoms with Gasteiger partial charge >= 0.3 is 0 Å². The number of aryl methyl sites for hydroxylation is 1. The monoisotopic (exact) mass is 377 g/mol. The number of rotatable bonds is 8. The molecule has 3 rings (SSSR count). The van der Waals surface area contributed by atoms with Gasteiger partial charge in [-0.15, -0.1) is 0 Å². The fourth-order valence-corrected chi connectivity index (χ4v) is 3.94. The average molecular weight is 377 g/mol. The molecule has 1 aromatic carbocycles. The van der Waals surface area contributed by atoms with Gasteiger partial charge in [-0.3, -0.25) is 4.79 Å². The van der Waals surface area contributed by atoms with Gasteiger partial charge in [0.2, 0.25) is 10.0 Å². The summed E-state index contributed by atoms with van der Waals surface area (Å²) in [5, 5.41) is 6.09. The second-order valence-electron chi connectivity index (χ2n) is 6.24. The molecule has 1 saturated heterocycles. The third-order valence-corrected chi connectivity index (χ3v) is 5.71. The van der Waals surface area contributed by atoms with E-state index in [4.69, 9.17) is 0 Å². The molecule has 140 valence electrons. The number of hydrogen-bond acceptors (Lipinski definition) is 5. The van der Waals surface area contributed by atoms with Crippen LogP contribution < -0.4 is 15.4 Å². The highest BCUT2D eigenvalue weighted by atomic mass is 32.2. The Morgan fingerprint density at radius 2 is 2.27 bits per heavy atom. The summed E-state index contributed by atoms with van der Waals surface area (Å²) in [5.41, 5.74) is 0.346. The highest BCUT2D eigenvalue weighted by molar-refractivity contribution is 7.89. The largest absolute Gasteiger partial charge is 0.348 e. The fourth-order valence-electron chi connectivity index (χ4n) is 2.82. The van der Waals surface area contributed by atoms with Crippen LogP contribution in [0.4, 0.5) is 0 Å². The smallest absolute Gasteiger partial charge is 0.251 e. The van der Waals surface area contributed by atoms with Gasteiger partial charge in [0.1, 0.15) is 0 Å². The third kappa shape index (κ3) is 4.90. The minimum Gasteiger partial charge on any atom is -0.348 e. The molecule has 1 atom stereocenters. The van der Waals surface area contributed by atoms with E-state index in [1.165, 1.54) is 12.1 Å². The second kappa shape index (κ2) is 8.43. The van der Waals surface area contributed by atoms with Gasteiger partial charge in [0.25, 0.3) is 5.91 Å². The van der Waals surface area contributed by atoms with E-state index in [2.05, 4.69) is 20.3 Å². The van der Waals surface area contributed by atoms with Crippen LogP contribution in [0.5, 0.6) is 0 Å². The van der Waals surface area contributed by atoms with Gasteiger partial charge in [0, 0.05) is 43.6 Å². The van der Waals surface area contributed by atoms with Gasteiger partial charge in [0.05, 0.1) is 11.2 Å². The Morgan fingerprint density at radius 3 is 3.00 bits per heavy atom. The molecule has 0 radical (unpaired) electrons.